The normalized spacial score (nSPS) is 15.8. The lowest BCUT2D eigenvalue weighted by Crippen LogP contribution is -2.35. The molecule has 0 unspecified atom stereocenters. The van der Waals surface area contributed by atoms with E-state index in [1.54, 1.807) is 0 Å². The van der Waals surface area contributed by atoms with Crippen molar-refractivity contribution >= 4 is 35.3 Å². The van der Waals surface area contributed by atoms with Crippen molar-refractivity contribution in [3.63, 3.8) is 0 Å². The molecule has 4 nitrogen and oxygen atoms in total. The number of para-hydroxylation sites is 1. The molecular formula is C33H28N2O2S. The number of benzene rings is 4. The van der Waals surface area contributed by atoms with Gasteiger partial charge in [-0.1, -0.05) is 84.6 Å². The molecular weight excluding hydrogens is 488 g/mol. The Balaban J connectivity index is 1.23. The number of anilines is 1. The van der Waals surface area contributed by atoms with Crippen LogP contribution < -0.4 is 4.90 Å². The zero-order valence-electron chi connectivity index (χ0n) is 21.3. The summed E-state index contributed by atoms with van der Waals surface area (Å²) in [6.07, 6.45) is 2.81. The molecule has 0 saturated carbocycles. The van der Waals surface area contributed by atoms with Gasteiger partial charge in [-0.25, -0.2) is 0 Å². The molecule has 2 aliphatic heterocycles. The molecule has 0 saturated heterocycles. The standard InChI is InChI=1S/C33H28N2O2S/c1-23-8-2-3-10-27(23)22-35-29-12-6-7-13-30(29)38-31(33(35)37)20-24-14-16-26(17-15-24)32(36)34-19-18-25-9-4-5-11-28(25)21-34/h2-17,20H,18-19,21-22H2,1H3. The first-order valence-electron chi connectivity index (χ1n) is 12.9. The van der Waals surface area contributed by atoms with Gasteiger partial charge in [0.2, 0.25) is 0 Å². The van der Waals surface area contributed by atoms with Gasteiger partial charge in [-0.3, -0.25) is 9.59 Å². The lowest BCUT2D eigenvalue weighted by molar-refractivity contribution is -0.114. The van der Waals surface area contributed by atoms with E-state index in [2.05, 4.69) is 43.3 Å². The third-order valence-corrected chi connectivity index (χ3v) is 8.37. The fourth-order valence-electron chi connectivity index (χ4n) is 5.10. The average molecular weight is 517 g/mol. The van der Waals surface area contributed by atoms with Gasteiger partial charge in [0.15, 0.2) is 0 Å². The van der Waals surface area contributed by atoms with Crippen LogP contribution in [-0.4, -0.2) is 23.3 Å². The summed E-state index contributed by atoms with van der Waals surface area (Å²) in [7, 11) is 0. The van der Waals surface area contributed by atoms with Crippen LogP contribution in [0.3, 0.4) is 0 Å². The van der Waals surface area contributed by atoms with Crippen LogP contribution in [0.4, 0.5) is 5.69 Å². The number of nitrogens with zero attached hydrogens (tertiary/aromatic N) is 2. The fourth-order valence-corrected chi connectivity index (χ4v) is 6.16. The van der Waals surface area contributed by atoms with Crippen molar-refractivity contribution < 1.29 is 9.59 Å². The molecule has 0 N–H and O–H groups in total. The third-order valence-electron chi connectivity index (χ3n) is 7.29. The van der Waals surface area contributed by atoms with E-state index in [0.717, 1.165) is 34.7 Å². The van der Waals surface area contributed by atoms with Crippen molar-refractivity contribution in [1.82, 2.24) is 4.90 Å². The number of carbonyl (C=O) groups is 2. The largest absolute Gasteiger partial charge is 0.334 e. The quantitative estimate of drug-likeness (QED) is 0.278. The zero-order chi connectivity index (χ0) is 26.1. The van der Waals surface area contributed by atoms with Gasteiger partial charge >= 0.3 is 0 Å². The molecule has 2 heterocycles. The maximum Gasteiger partial charge on any atom is 0.265 e. The molecule has 4 aromatic carbocycles. The highest BCUT2D eigenvalue weighted by atomic mass is 32.2. The molecule has 2 aliphatic rings. The number of fused-ring (bicyclic) bond motifs is 2. The summed E-state index contributed by atoms with van der Waals surface area (Å²) in [5.74, 6) is 0.0317. The molecule has 2 amide bonds. The van der Waals surface area contributed by atoms with Crippen molar-refractivity contribution in [2.75, 3.05) is 11.4 Å². The maximum atomic E-state index is 13.7. The Morgan fingerprint density at radius 2 is 1.58 bits per heavy atom. The Hall–Kier alpha value is -4.09. The number of hydrogen-bond donors (Lipinski definition) is 0. The summed E-state index contributed by atoms with van der Waals surface area (Å²) < 4.78 is 0. The van der Waals surface area contributed by atoms with Crippen LogP contribution in [0, 0.1) is 6.92 Å². The highest BCUT2D eigenvalue weighted by Crippen LogP contribution is 2.42. The Kier molecular flexibility index (Phi) is 6.61. The lowest BCUT2D eigenvalue weighted by Gasteiger charge is -2.31. The predicted octanol–water partition coefficient (Wildman–Crippen LogP) is 6.87. The molecule has 0 radical (unpaired) electrons. The van der Waals surface area contributed by atoms with Crippen LogP contribution in [0.1, 0.15) is 38.2 Å². The second-order valence-electron chi connectivity index (χ2n) is 9.76. The van der Waals surface area contributed by atoms with Crippen LogP contribution in [0.15, 0.2) is 107 Å². The van der Waals surface area contributed by atoms with E-state index in [1.165, 1.54) is 28.5 Å². The summed E-state index contributed by atoms with van der Waals surface area (Å²) in [5.41, 5.74) is 7.34. The zero-order valence-corrected chi connectivity index (χ0v) is 22.1. The van der Waals surface area contributed by atoms with E-state index in [0.29, 0.717) is 23.6 Å². The number of carbonyl (C=O) groups excluding carboxylic acids is 2. The van der Waals surface area contributed by atoms with E-state index in [1.807, 2.05) is 76.5 Å². The van der Waals surface area contributed by atoms with Gasteiger partial charge in [0.1, 0.15) is 0 Å². The first-order chi connectivity index (χ1) is 18.6. The van der Waals surface area contributed by atoms with Crippen LogP contribution in [0.5, 0.6) is 0 Å². The fraction of sp³-hybridized carbons (Fsp3) is 0.152. The molecule has 0 fully saturated rings. The second kappa shape index (κ2) is 10.3. The summed E-state index contributed by atoms with van der Waals surface area (Å²) >= 11 is 1.50. The van der Waals surface area contributed by atoms with Gasteiger partial charge in [-0.05, 0) is 71.5 Å². The Morgan fingerprint density at radius 1 is 0.868 bits per heavy atom. The Bertz CT molecular complexity index is 1560. The SMILES string of the molecule is Cc1ccccc1CN1C(=O)C(=Cc2ccc(C(=O)N3CCc4ccccc4C3)cc2)Sc2ccccc21. The molecule has 6 rings (SSSR count). The van der Waals surface area contributed by atoms with Gasteiger partial charge in [0, 0.05) is 23.5 Å². The minimum atomic E-state index is -0.0101. The number of rotatable bonds is 4. The first-order valence-corrected chi connectivity index (χ1v) is 13.7. The molecule has 0 aromatic heterocycles. The topological polar surface area (TPSA) is 40.6 Å². The number of hydrogen-bond acceptors (Lipinski definition) is 3. The van der Waals surface area contributed by atoms with Crippen LogP contribution in [-0.2, 0) is 24.3 Å². The molecule has 38 heavy (non-hydrogen) atoms. The highest BCUT2D eigenvalue weighted by Gasteiger charge is 2.29. The molecule has 4 aromatic rings. The summed E-state index contributed by atoms with van der Waals surface area (Å²) in [6, 6.07) is 32.2. The average Bonchev–Trinajstić information content (AvgIpc) is 2.96. The summed E-state index contributed by atoms with van der Waals surface area (Å²) in [4.78, 5) is 32.4. The Labute approximate surface area is 227 Å². The molecule has 0 spiro atoms. The van der Waals surface area contributed by atoms with E-state index < -0.39 is 0 Å². The number of amides is 2. The van der Waals surface area contributed by atoms with Gasteiger partial charge in [-0.2, -0.15) is 0 Å². The summed E-state index contributed by atoms with van der Waals surface area (Å²) in [6.45, 7) is 3.96. The van der Waals surface area contributed by atoms with E-state index in [-0.39, 0.29) is 11.8 Å². The van der Waals surface area contributed by atoms with Crippen molar-refractivity contribution in [1.29, 1.82) is 0 Å². The summed E-state index contributed by atoms with van der Waals surface area (Å²) in [5, 5.41) is 0. The van der Waals surface area contributed by atoms with E-state index >= 15 is 0 Å². The predicted molar refractivity (Wildman–Crippen MR) is 154 cm³/mol. The minimum Gasteiger partial charge on any atom is -0.334 e. The third kappa shape index (κ3) is 4.77. The molecule has 188 valence electrons. The molecule has 0 bridgehead atoms. The maximum absolute atomic E-state index is 13.7. The smallest absolute Gasteiger partial charge is 0.265 e. The van der Waals surface area contributed by atoms with Crippen LogP contribution in [0.2, 0.25) is 0 Å². The van der Waals surface area contributed by atoms with Crippen molar-refractivity contribution in [3.05, 3.63) is 135 Å². The molecule has 0 atom stereocenters. The van der Waals surface area contributed by atoms with Gasteiger partial charge in [-0.15, -0.1) is 0 Å². The molecule has 5 heteroatoms. The highest BCUT2D eigenvalue weighted by molar-refractivity contribution is 8.04. The van der Waals surface area contributed by atoms with Gasteiger partial charge in [0.05, 0.1) is 17.1 Å². The second-order valence-corrected chi connectivity index (χ2v) is 10.8. The van der Waals surface area contributed by atoms with Crippen molar-refractivity contribution in [3.8, 4) is 0 Å². The Morgan fingerprint density at radius 3 is 2.39 bits per heavy atom. The molecule has 0 aliphatic carbocycles. The van der Waals surface area contributed by atoms with Gasteiger partial charge < -0.3 is 9.80 Å². The van der Waals surface area contributed by atoms with Crippen molar-refractivity contribution in [2.45, 2.75) is 31.3 Å². The van der Waals surface area contributed by atoms with Crippen molar-refractivity contribution in [2.24, 2.45) is 0 Å². The van der Waals surface area contributed by atoms with E-state index in [9.17, 15) is 9.59 Å². The van der Waals surface area contributed by atoms with Gasteiger partial charge in [0.25, 0.3) is 11.8 Å². The first kappa shape index (κ1) is 24.3. The lowest BCUT2D eigenvalue weighted by atomic mass is 9.99. The monoisotopic (exact) mass is 516 g/mol. The number of aryl methyl sites for hydroxylation is 1. The van der Waals surface area contributed by atoms with Crippen LogP contribution >= 0.6 is 11.8 Å². The van der Waals surface area contributed by atoms with E-state index in [4.69, 9.17) is 0 Å². The van der Waals surface area contributed by atoms with Crippen LogP contribution in [0.25, 0.3) is 6.08 Å². The number of thioether (sulfide) groups is 1. The minimum absolute atomic E-state index is 0.0101.